The van der Waals surface area contributed by atoms with E-state index in [0.29, 0.717) is 38.9 Å². The van der Waals surface area contributed by atoms with Crippen LogP contribution in [-0.4, -0.2) is 49.0 Å². The highest BCUT2D eigenvalue weighted by Gasteiger charge is 2.09. The molecule has 0 spiro atoms. The lowest BCUT2D eigenvalue weighted by Crippen LogP contribution is -2.35. The predicted molar refractivity (Wildman–Crippen MR) is 81.4 cm³/mol. The number of aromatic nitrogens is 2. The van der Waals surface area contributed by atoms with Gasteiger partial charge in [-0.2, -0.15) is 0 Å². The zero-order valence-electron chi connectivity index (χ0n) is 13.5. The molecule has 0 aliphatic heterocycles. The van der Waals surface area contributed by atoms with Gasteiger partial charge in [0.25, 0.3) is 0 Å². The van der Waals surface area contributed by atoms with E-state index < -0.39 is 0 Å². The van der Waals surface area contributed by atoms with Crippen molar-refractivity contribution in [3.63, 3.8) is 0 Å². The molecule has 0 amide bonds. The fourth-order valence-electron chi connectivity index (χ4n) is 1.45. The molecule has 0 radical (unpaired) electrons. The molecule has 1 rings (SSSR count). The van der Waals surface area contributed by atoms with Gasteiger partial charge in [-0.25, -0.2) is 4.98 Å². The topological polar surface area (TPSA) is 65.5 Å². The second-order valence-corrected chi connectivity index (χ2v) is 5.76. The number of nitrogens with zero attached hydrogens (tertiary/aromatic N) is 2. The van der Waals surface area contributed by atoms with Gasteiger partial charge in [-0.1, -0.05) is 0 Å². The first-order chi connectivity index (χ1) is 10.0. The number of nitrogens with one attached hydrogen (secondary N) is 1. The van der Waals surface area contributed by atoms with E-state index >= 15 is 0 Å². The highest BCUT2D eigenvalue weighted by Crippen LogP contribution is 2.06. The molecule has 1 aromatic rings. The van der Waals surface area contributed by atoms with Crippen LogP contribution in [0.1, 0.15) is 32.9 Å². The fraction of sp³-hybridized carbons (Fsp3) is 0.733. The molecule has 0 aromatic carbocycles. The first-order valence-corrected chi connectivity index (χ1v) is 7.27. The zero-order valence-corrected chi connectivity index (χ0v) is 13.5. The molecular weight excluding hydrogens is 270 g/mol. The van der Waals surface area contributed by atoms with Crippen LogP contribution in [0.4, 0.5) is 0 Å². The lowest BCUT2D eigenvalue weighted by atomic mass is 10.1. The minimum absolute atomic E-state index is 0.0691. The van der Waals surface area contributed by atoms with Crippen LogP contribution in [0.15, 0.2) is 12.4 Å². The number of hydrogen-bond donors (Lipinski definition) is 1. The summed E-state index contributed by atoms with van der Waals surface area (Å²) in [4.78, 5) is 8.56. The van der Waals surface area contributed by atoms with Gasteiger partial charge in [0.15, 0.2) is 0 Å². The van der Waals surface area contributed by atoms with E-state index in [1.54, 1.807) is 19.5 Å². The highest BCUT2D eigenvalue weighted by atomic mass is 16.5. The van der Waals surface area contributed by atoms with Crippen molar-refractivity contribution in [1.29, 1.82) is 0 Å². The summed E-state index contributed by atoms with van der Waals surface area (Å²) in [6, 6.07) is 0. The van der Waals surface area contributed by atoms with Crippen LogP contribution in [0.3, 0.4) is 0 Å². The van der Waals surface area contributed by atoms with Gasteiger partial charge < -0.3 is 19.5 Å². The average Bonchev–Trinajstić information content (AvgIpc) is 2.44. The van der Waals surface area contributed by atoms with Crippen molar-refractivity contribution >= 4 is 0 Å². The standard InChI is InChI=1S/C15H27N3O3/c1-15(2,3)18-11-13-10-17-14(12-16-13)21-7-5-6-20-9-8-19-4/h10,12,18H,5-9,11H2,1-4H3. The third-order valence-corrected chi connectivity index (χ3v) is 2.60. The van der Waals surface area contributed by atoms with Gasteiger partial charge >= 0.3 is 0 Å². The molecule has 0 atom stereocenters. The molecule has 120 valence electrons. The Kier molecular flexibility index (Phi) is 8.19. The zero-order chi connectivity index (χ0) is 15.6. The van der Waals surface area contributed by atoms with Crippen molar-refractivity contribution in [2.75, 3.05) is 33.5 Å². The summed E-state index contributed by atoms with van der Waals surface area (Å²) in [5.41, 5.74) is 0.972. The Morgan fingerprint density at radius 2 is 1.86 bits per heavy atom. The number of methoxy groups -OCH3 is 1. The number of rotatable bonds is 10. The summed E-state index contributed by atoms with van der Waals surface area (Å²) in [6.45, 7) is 9.52. The van der Waals surface area contributed by atoms with E-state index in [1.165, 1.54) is 0 Å². The van der Waals surface area contributed by atoms with E-state index in [9.17, 15) is 0 Å². The van der Waals surface area contributed by atoms with Crippen molar-refractivity contribution in [1.82, 2.24) is 15.3 Å². The quantitative estimate of drug-likeness (QED) is 0.664. The van der Waals surface area contributed by atoms with Gasteiger partial charge in [0.2, 0.25) is 5.88 Å². The third kappa shape index (κ3) is 9.33. The fourth-order valence-corrected chi connectivity index (χ4v) is 1.45. The third-order valence-electron chi connectivity index (χ3n) is 2.60. The Morgan fingerprint density at radius 1 is 1.05 bits per heavy atom. The molecule has 6 heteroatoms. The largest absolute Gasteiger partial charge is 0.476 e. The van der Waals surface area contributed by atoms with Crippen LogP contribution in [-0.2, 0) is 16.0 Å². The lowest BCUT2D eigenvalue weighted by Gasteiger charge is -2.19. The Morgan fingerprint density at radius 3 is 2.48 bits per heavy atom. The summed E-state index contributed by atoms with van der Waals surface area (Å²) < 4.78 is 15.7. The van der Waals surface area contributed by atoms with E-state index in [0.717, 1.165) is 12.1 Å². The first-order valence-electron chi connectivity index (χ1n) is 7.27. The van der Waals surface area contributed by atoms with Crippen molar-refractivity contribution in [2.24, 2.45) is 0 Å². The van der Waals surface area contributed by atoms with Crippen LogP contribution in [0.5, 0.6) is 5.88 Å². The van der Waals surface area contributed by atoms with Crippen molar-refractivity contribution in [3.8, 4) is 5.88 Å². The Hall–Kier alpha value is -1.24. The van der Waals surface area contributed by atoms with Gasteiger partial charge in [-0.05, 0) is 20.8 Å². The van der Waals surface area contributed by atoms with Gasteiger partial charge in [0.1, 0.15) is 0 Å². The minimum Gasteiger partial charge on any atom is -0.476 e. The van der Waals surface area contributed by atoms with Crippen LogP contribution in [0.25, 0.3) is 0 Å². The maximum Gasteiger partial charge on any atom is 0.232 e. The van der Waals surface area contributed by atoms with Gasteiger partial charge in [0.05, 0.1) is 37.9 Å². The average molecular weight is 297 g/mol. The SMILES string of the molecule is COCCOCCCOc1cnc(CNC(C)(C)C)cn1. The van der Waals surface area contributed by atoms with Gasteiger partial charge in [-0.15, -0.1) is 0 Å². The molecule has 0 unspecified atom stereocenters. The van der Waals surface area contributed by atoms with E-state index in [1.807, 2.05) is 0 Å². The molecule has 21 heavy (non-hydrogen) atoms. The lowest BCUT2D eigenvalue weighted by molar-refractivity contribution is 0.0642. The second kappa shape index (κ2) is 9.65. The Labute approximate surface area is 127 Å². The molecule has 0 bridgehead atoms. The highest BCUT2D eigenvalue weighted by molar-refractivity contribution is 5.07. The van der Waals surface area contributed by atoms with Crippen LogP contribution in [0, 0.1) is 0 Å². The Bertz CT molecular complexity index is 377. The van der Waals surface area contributed by atoms with E-state index in [2.05, 4.69) is 36.1 Å². The smallest absolute Gasteiger partial charge is 0.232 e. The molecule has 0 fully saturated rings. The molecular formula is C15H27N3O3. The summed E-state index contributed by atoms with van der Waals surface area (Å²) in [6.07, 6.45) is 4.22. The first kappa shape index (κ1) is 17.8. The monoisotopic (exact) mass is 297 g/mol. The molecule has 0 aliphatic rings. The van der Waals surface area contributed by atoms with Crippen LogP contribution < -0.4 is 10.1 Å². The maximum absolute atomic E-state index is 5.51. The molecule has 1 aromatic heterocycles. The summed E-state index contributed by atoms with van der Waals surface area (Å²) in [5, 5.41) is 3.36. The molecule has 6 nitrogen and oxygen atoms in total. The molecule has 0 saturated heterocycles. The maximum atomic E-state index is 5.51. The summed E-state index contributed by atoms with van der Waals surface area (Å²) in [7, 11) is 1.66. The van der Waals surface area contributed by atoms with Gasteiger partial charge in [0, 0.05) is 32.2 Å². The van der Waals surface area contributed by atoms with Crippen molar-refractivity contribution < 1.29 is 14.2 Å². The van der Waals surface area contributed by atoms with Crippen molar-refractivity contribution in [2.45, 2.75) is 39.3 Å². The van der Waals surface area contributed by atoms with E-state index in [-0.39, 0.29) is 5.54 Å². The van der Waals surface area contributed by atoms with E-state index in [4.69, 9.17) is 14.2 Å². The second-order valence-electron chi connectivity index (χ2n) is 5.76. The molecule has 1 heterocycles. The van der Waals surface area contributed by atoms with Gasteiger partial charge in [-0.3, -0.25) is 4.98 Å². The summed E-state index contributed by atoms with van der Waals surface area (Å²) in [5.74, 6) is 0.548. The normalized spacial score (nSPS) is 11.6. The van der Waals surface area contributed by atoms with Crippen molar-refractivity contribution in [3.05, 3.63) is 18.1 Å². The Balaban J connectivity index is 2.16. The summed E-state index contributed by atoms with van der Waals surface area (Å²) >= 11 is 0. The van der Waals surface area contributed by atoms with Crippen LogP contribution in [0.2, 0.25) is 0 Å². The molecule has 0 saturated carbocycles. The van der Waals surface area contributed by atoms with Crippen LogP contribution >= 0.6 is 0 Å². The minimum atomic E-state index is 0.0691. The molecule has 1 N–H and O–H groups in total. The number of ether oxygens (including phenoxy) is 3. The predicted octanol–water partition coefficient (Wildman–Crippen LogP) is 1.80. The molecule has 0 aliphatic carbocycles. The number of hydrogen-bond acceptors (Lipinski definition) is 6.